The van der Waals surface area contributed by atoms with Gasteiger partial charge in [0.25, 0.3) is 0 Å². The number of unbranched alkanes of at least 4 members (excludes halogenated alkanes) is 3. The second-order valence-corrected chi connectivity index (χ2v) is 6.64. The summed E-state index contributed by atoms with van der Waals surface area (Å²) in [5.41, 5.74) is 2.93. The first-order chi connectivity index (χ1) is 9.90. The zero-order valence-electron chi connectivity index (χ0n) is 12.2. The van der Waals surface area contributed by atoms with Gasteiger partial charge in [-0.15, -0.1) is 11.8 Å². The van der Waals surface area contributed by atoms with Crippen molar-refractivity contribution in [2.75, 3.05) is 5.75 Å². The Bertz CT molecular complexity index is 619. The summed E-state index contributed by atoms with van der Waals surface area (Å²) >= 11 is 2.05. The molecule has 3 rings (SSSR count). The average molecular weight is 282 g/mol. The largest absolute Gasteiger partial charge is 0.126 e. The topological polar surface area (TPSA) is 0 Å². The van der Waals surface area contributed by atoms with Crippen LogP contribution in [0.2, 0.25) is 0 Å². The van der Waals surface area contributed by atoms with Crippen molar-refractivity contribution < 1.29 is 0 Å². The Morgan fingerprint density at radius 3 is 2.70 bits per heavy atom. The maximum Gasteiger partial charge on any atom is 0.0114 e. The Balaban J connectivity index is 1.77. The number of hydrogen-bond acceptors (Lipinski definition) is 1. The fourth-order valence-corrected chi connectivity index (χ4v) is 4.05. The first kappa shape index (κ1) is 13.8. The first-order valence-electron chi connectivity index (χ1n) is 7.74. The zero-order chi connectivity index (χ0) is 13.8. The molecule has 1 heteroatoms. The number of allylic oxidation sites excluding steroid dienone is 1. The van der Waals surface area contributed by atoms with Gasteiger partial charge in [-0.25, -0.2) is 0 Å². The van der Waals surface area contributed by atoms with Gasteiger partial charge in [0.2, 0.25) is 0 Å². The Morgan fingerprint density at radius 1 is 1.00 bits per heavy atom. The van der Waals surface area contributed by atoms with E-state index in [0.717, 1.165) is 6.42 Å². The fourth-order valence-electron chi connectivity index (χ4n) is 2.95. The van der Waals surface area contributed by atoms with E-state index in [2.05, 4.69) is 49.4 Å². The van der Waals surface area contributed by atoms with Crippen LogP contribution in [0.3, 0.4) is 0 Å². The van der Waals surface area contributed by atoms with Crippen LogP contribution in [0.1, 0.15) is 43.7 Å². The quantitative estimate of drug-likeness (QED) is 0.581. The molecule has 0 fully saturated rings. The maximum atomic E-state index is 2.42. The van der Waals surface area contributed by atoms with E-state index in [0.29, 0.717) is 0 Å². The smallest absolute Gasteiger partial charge is 0.0114 e. The van der Waals surface area contributed by atoms with Crippen LogP contribution in [0.5, 0.6) is 0 Å². The molecule has 0 aromatic heterocycles. The van der Waals surface area contributed by atoms with E-state index in [-0.39, 0.29) is 0 Å². The van der Waals surface area contributed by atoms with Crippen molar-refractivity contribution in [2.24, 2.45) is 0 Å². The normalized spacial score (nSPS) is 13.6. The maximum absolute atomic E-state index is 2.42. The van der Waals surface area contributed by atoms with Gasteiger partial charge in [0, 0.05) is 4.91 Å². The summed E-state index contributed by atoms with van der Waals surface area (Å²) < 4.78 is 0. The number of hydrogen-bond donors (Lipinski definition) is 0. The van der Waals surface area contributed by atoms with Gasteiger partial charge < -0.3 is 0 Å². The molecule has 0 saturated carbocycles. The van der Waals surface area contributed by atoms with E-state index in [4.69, 9.17) is 0 Å². The minimum absolute atomic E-state index is 1.09. The highest BCUT2D eigenvalue weighted by molar-refractivity contribution is 8.08. The molecule has 104 valence electrons. The lowest BCUT2D eigenvalue weighted by Gasteiger charge is -2.18. The molecule has 1 aliphatic carbocycles. The lowest BCUT2D eigenvalue weighted by molar-refractivity contribution is 0.707. The second kappa shape index (κ2) is 6.49. The summed E-state index contributed by atoms with van der Waals surface area (Å²) in [5.74, 6) is 1.25. The zero-order valence-corrected chi connectivity index (χ0v) is 13.0. The highest BCUT2D eigenvalue weighted by Crippen LogP contribution is 2.38. The molecule has 0 radical (unpaired) electrons. The Labute approximate surface area is 126 Å². The summed E-state index contributed by atoms with van der Waals surface area (Å²) in [6, 6.07) is 13.4. The molecule has 0 atom stereocenters. The van der Waals surface area contributed by atoms with Crippen LogP contribution in [0, 0.1) is 0 Å². The van der Waals surface area contributed by atoms with Crippen LogP contribution in [0.4, 0.5) is 0 Å². The third-order valence-corrected chi connectivity index (χ3v) is 5.21. The molecule has 1 aliphatic rings. The van der Waals surface area contributed by atoms with Crippen molar-refractivity contribution in [3.05, 3.63) is 53.6 Å². The standard InChI is InChI=1S/C19H22S/c1-2-3-4-5-14-20-18-13-12-16-9-6-8-15-10-7-11-17(18)19(15)16/h6-11,13H,2-5,12,14H2,1H3. The molecule has 2 aromatic rings. The molecule has 2 aromatic carbocycles. The molecular formula is C19H22S. The predicted molar refractivity (Wildman–Crippen MR) is 92.2 cm³/mol. The monoisotopic (exact) mass is 282 g/mol. The number of rotatable bonds is 6. The summed E-state index contributed by atoms with van der Waals surface area (Å²) in [7, 11) is 0. The van der Waals surface area contributed by atoms with Crippen LogP contribution in [-0.2, 0) is 6.42 Å². The van der Waals surface area contributed by atoms with Crippen LogP contribution in [0.15, 0.2) is 42.5 Å². The molecule has 0 N–H and O–H groups in total. The molecule has 0 bridgehead atoms. The van der Waals surface area contributed by atoms with E-state index >= 15 is 0 Å². The van der Waals surface area contributed by atoms with Gasteiger partial charge >= 0.3 is 0 Å². The third kappa shape index (κ3) is 2.78. The lowest BCUT2D eigenvalue weighted by atomic mass is 9.93. The van der Waals surface area contributed by atoms with Crippen molar-refractivity contribution in [1.82, 2.24) is 0 Å². The van der Waals surface area contributed by atoms with Crippen molar-refractivity contribution >= 4 is 27.4 Å². The van der Waals surface area contributed by atoms with Crippen LogP contribution in [-0.4, -0.2) is 5.75 Å². The van der Waals surface area contributed by atoms with E-state index in [9.17, 15) is 0 Å². The SMILES string of the molecule is CCCCCCSC1=CCc2cccc3cccc1c23. The van der Waals surface area contributed by atoms with E-state index in [1.807, 2.05) is 11.8 Å². The van der Waals surface area contributed by atoms with Gasteiger partial charge in [0.15, 0.2) is 0 Å². The van der Waals surface area contributed by atoms with Gasteiger partial charge in [-0.1, -0.05) is 68.7 Å². The van der Waals surface area contributed by atoms with Crippen molar-refractivity contribution in [3.8, 4) is 0 Å². The molecule has 20 heavy (non-hydrogen) atoms. The minimum atomic E-state index is 1.09. The Morgan fingerprint density at radius 2 is 1.85 bits per heavy atom. The molecule has 0 heterocycles. The van der Waals surface area contributed by atoms with Crippen LogP contribution < -0.4 is 0 Å². The van der Waals surface area contributed by atoms with Crippen molar-refractivity contribution in [1.29, 1.82) is 0 Å². The summed E-state index contributed by atoms with van der Waals surface area (Å²) in [4.78, 5) is 1.49. The van der Waals surface area contributed by atoms with E-state index in [1.54, 1.807) is 0 Å². The molecule has 0 aliphatic heterocycles. The fraction of sp³-hybridized carbons (Fsp3) is 0.368. The van der Waals surface area contributed by atoms with E-state index < -0.39 is 0 Å². The van der Waals surface area contributed by atoms with Gasteiger partial charge in [-0.2, -0.15) is 0 Å². The van der Waals surface area contributed by atoms with Crippen LogP contribution >= 0.6 is 11.8 Å². The highest BCUT2D eigenvalue weighted by Gasteiger charge is 2.14. The summed E-state index contributed by atoms with van der Waals surface area (Å²) in [6.07, 6.45) is 8.91. The van der Waals surface area contributed by atoms with Gasteiger partial charge in [-0.3, -0.25) is 0 Å². The molecule has 0 spiro atoms. The molecule has 0 unspecified atom stereocenters. The molecular weight excluding hydrogens is 260 g/mol. The first-order valence-corrected chi connectivity index (χ1v) is 8.72. The van der Waals surface area contributed by atoms with E-state index in [1.165, 1.54) is 58.2 Å². The predicted octanol–water partition coefficient (Wildman–Crippen LogP) is 6.05. The van der Waals surface area contributed by atoms with Gasteiger partial charge in [-0.05, 0) is 40.5 Å². The second-order valence-electron chi connectivity index (χ2n) is 5.50. The molecule has 0 saturated heterocycles. The van der Waals surface area contributed by atoms with Crippen molar-refractivity contribution in [3.63, 3.8) is 0 Å². The van der Waals surface area contributed by atoms with Crippen LogP contribution in [0.25, 0.3) is 15.7 Å². The molecule has 0 amide bonds. The van der Waals surface area contributed by atoms with Crippen molar-refractivity contribution in [2.45, 2.75) is 39.0 Å². The molecule has 0 nitrogen and oxygen atoms in total. The van der Waals surface area contributed by atoms with Gasteiger partial charge in [0.1, 0.15) is 0 Å². The Kier molecular flexibility index (Phi) is 4.47. The minimum Gasteiger partial charge on any atom is -0.126 e. The highest BCUT2D eigenvalue weighted by atomic mass is 32.2. The summed E-state index contributed by atoms with van der Waals surface area (Å²) in [6.45, 7) is 2.27. The Hall–Kier alpha value is -1.21. The average Bonchev–Trinajstić information content (AvgIpc) is 2.49. The third-order valence-electron chi connectivity index (χ3n) is 4.02. The van der Waals surface area contributed by atoms with Gasteiger partial charge in [0.05, 0.1) is 0 Å². The summed E-state index contributed by atoms with van der Waals surface area (Å²) in [5, 5.41) is 2.87. The number of benzene rings is 2. The lowest BCUT2D eigenvalue weighted by Crippen LogP contribution is -1.97. The number of thioether (sulfide) groups is 1.